The molecular weight excluding hydrogens is 212 g/mol. The summed E-state index contributed by atoms with van der Waals surface area (Å²) in [6, 6.07) is 4.21. The highest BCUT2D eigenvalue weighted by molar-refractivity contribution is 5.45. The van der Waals surface area contributed by atoms with E-state index < -0.39 is 5.60 Å². The van der Waals surface area contributed by atoms with Crippen LogP contribution in [0.1, 0.15) is 38.2 Å². The maximum absolute atomic E-state index is 10.3. The molecule has 1 aromatic heterocycles. The summed E-state index contributed by atoms with van der Waals surface area (Å²) < 4.78 is 0. The highest BCUT2D eigenvalue weighted by Crippen LogP contribution is 2.45. The quantitative estimate of drug-likeness (QED) is 0.867. The third-order valence-corrected chi connectivity index (χ3v) is 4.03. The summed E-state index contributed by atoms with van der Waals surface area (Å²) in [5, 5.41) is 10.3. The van der Waals surface area contributed by atoms with Crippen LogP contribution in [-0.2, 0) is 0 Å². The van der Waals surface area contributed by atoms with Crippen LogP contribution in [0.25, 0.3) is 0 Å². The smallest absolute Gasteiger partial charge is 0.128 e. The molecule has 0 spiro atoms. The van der Waals surface area contributed by atoms with Crippen LogP contribution in [0.4, 0.5) is 5.82 Å². The molecule has 1 saturated carbocycles. The number of pyridine rings is 1. The third-order valence-electron chi connectivity index (χ3n) is 4.03. The number of rotatable bonds is 3. The van der Waals surface area contributed by atoms with Gasteiger partial charge >= 0.3 is 0 Å². The van der Waals surface area contributed by atoms with Crippen molar-refractivity contribution >= 4 is 5.82 Å². The Morgan fingerprint density at radius 2 is 2.06 bits per heavy atom. The molecule has 1 saturated heterocycles. The molecule has 0 unspecified atom stereocenters. The van der Waals surface area contributed by atoms with E-state index in [4.69, 9.17) is 0 Å². The zero-order valence-electron chi connectivity index (χ0n) is 10.6. The second-order valence-electron chi connectivity index (χ2n) is 5.84. The van der Waals surface area contributed by atoms with Crippen LogP contribution in [0.2, 0.25) is 0 Å². The number of hydrogen-bond acceptors (Lipinski definition) is 3. The molecule has 1 aliphatic carbocycles. The van der Waals surface area contributed by atoms with Gasteiger partial charge in [0, 0.05) is 6.20 Å². The largest absolute Gasteiger partial charge is 0.386 e. The monoisotopic (exact) mass is 232 g/mol. The minimum Gasteiger partial charge on any atom is -0.386 e. The van der Waals surface area contributed by atoms with Gasteiger partial charge in [0.2, 0.25) is 0 Å². The van der Waals surface area contributed by atoms with E-state index in [0.717, 1.165) is 18.9 Å². The van der Waals surface area contributed by atoms with Gasteiger partial charge in [-0.1, -0.05) is 19.9 Å². The molecule has 92 valence electrons. The van der Waals surface area contributed by atoms with E-state index in [-0.39, 0.29) is 0 Å². The van der Waals surface area contributed by atoms with Crippen LogP contribution in [0, 0.1) is 5.92 Å². The zero-order valence-corrected chi connectivity index (χ0v) is 10.6. The fourth-order valence-electron chi connectivity index (χ4n) is 2.58. The molecule has 0 aromatic carbocycles. The van der Waals surface area contributed by atoms with Gasteiger partial charge in [0.15, 0.2) is 0 Å². The van der Waals surface area contributed by atoms with Crippen LogP contribution in [0.15, 0.2) is 18.3 Å². The topological polar surface area (TPSA) is 36.4 Å². The summed E-state index contributed by atoms with van der Waals surface area (Å²) in [6.07, 6.45) is 4.35. The van der Waals surface area contributed by atoms with Crippen molar-refractivity contribution in [2.45, 2.75) is 38.2 Å². The van der Waals surface area contributed by atoms with Crippen molar-refractivity contribution in [2.24, 2.45) is 5.92 Å². The van der Waals surface area contributed by atoms with Crippen LogP contribution in [-0.4, -0.2) is 28.8 Å². The highest BCUT2D eigenvalue weighted by atomic mass is 16.3. The lowest BCUT2D eigenvalue weighted by Crippen LogP contribution is -2.63. The number of β-amino-alcohol motifs (C(OH)–C–C–N with tert-alkyl or cyclic N) is 1. The van der Waals surface area contributed by atoms with Gasteiger partial charge in [0.25, 0.3) is 0 Å². The maximum Gasteiger partial charge on any atom is 0.128 e. The minimum absolute atomic E-state index is 0.418. The molecule has 2 fully saturated rings. The first-order chi connectivity index (χ1) is 8.08. The minimum atomic E-state index is -0.418. The lowest BCUT2D eigenvalue weighted by atomic mass is 9.89. The molecular formula is C14H20N2O. The molecule has 0 atom stereocenters. The molecule has 0 amide bonds. The van der Waals surface area contributed by atoms with Crippen molar-refractivity contribution in [3.63, 3.8) is 0 Å². The van der Waals surface area contributed by atoms with Gasteiger partial charge in [-0.25, -0.2) is 4.98 Å². The second-order valence-corrected chi connectivity index (χ2v) is 5.84. The van der Waals surface area contributed by atoms with E-state index in [1.807, 2.05) is 6.20 Å². The first-order valence-corrected chi connectivity index (χ1v) is 6.52. The normalized spacial score (nSPS) is 22.7. The highest BCUT2D eigenvalue weighted by Gasteiger charge is 2.52. The van der Waals surface area contributed by atoms with Crippen molar-refractivity contribution in [3.05, 3.63) is 23.9 Å². The Morgan fingerprint density at radius 1 is 1.35 bits per heavy atom. The molecule has 2 heterocycles. The Bertz CT molecular complexity index is 403. The van der Waals surface area contributed by atoms with Gasteiger partial charge in [0.1, 0.15) is 11.4 Å². The average Bonchev–Trinajstić information content (AvgIpc) is 3.09. The molecule has 0 radical (unpaired) electrons. The summed E-state index contributed by atoms with van der Waals surface area (Å²) in [5.41, 5.74) is 0.852. The molecule has 0 bridgehead atoms. The van der Waals surface area contributed by atoms with Crippen molar-refractivity contribution in [1.82, 2.24) is 4.98 Å². The fraction of sp³-hybridized carbons (Fsp3) is 0.643. The van der Waals surface area contributed by atoms with E-state index in [1.165, 1.54) is 18.4 Å². The Hall–Kier alpha value is -1.09. The Labute approximate surface area is 102 Å². The van der Waals surface area contributed by atoms with Gasteiger partial charge in [0.05, 0.1) is 13.1 Å². The van der Waals surface area contributed by atoms with Gasteiger partial charge in [-0.05, 0) is 36.3 Å². The number of nitrogens with zero attached hydrogens (tertiary/aromatic N) is 2. The van der Waals surface area contributed by atoms with Gasteiger partial charge in [-0.15, -0.1) is 0 Å². The summed E-state index contributed by atoms with van der Waals surface area (Å²) in [6.45, 7) is 5.86. The number of hydrogen-bond donors (Lipinski definition) is 1. The van der Waals surface area contributed by atoms with Crippen LogP contribution < -0.4 is 4.90 Å². The standard InChI is InChI=1S/C14H20N2O/c1-10(2)11-3-6-13(15-7-11)16-8-14(17,9-16)12-4-5-12/h3,6-7,10,12,17H,4-5,8-9H2,1-2H3. The van der Waals surface area contributed by atoms with Crippen LogP contribution >= 0.6 is 0 Å². The summed E-state index contributed by atoms with van der Waals surface area (Å²) in [4.78, 5) is 6.65. The summed E-state index contributed by atoms with van der Waals surface area (Å²) in [5.74, 6) is 2.07. The molecule has 17 heavy (non-hydrogen) atoms. The van der Waals surface area contributed by atoms with E-state index in [9.17, 15) is 5.11 Å². The number of aromatic nitrogens is 1. The Morgan fingerprint density at radius 3 is 2.53 bits per heavy atom. The third kappa shape index (κ3) is 1.93. The molecule has 2 aliphatic rings. The molecule has 3 rings (SSSR count). The molecule has 1 aliphatic heterocycles. The average molecular weight is 232 g/mol. The van der Waals surface area contributed by atoms with Gasteiger partial charge in [-0.2, -0.15) is 0 Å². The first kappa shape index (κ1) is 11.0. The Kier molecular flexibility index (Phi) is 2.40. The zero-order chi connectivity index (χ0) is 12.0. The van der Waals surface area contributed by atoms with Crippen molar-refractivity contribution in [1.29, 1.82) is 0 Å². The first-order valence-electron chi connectivity index (χ1n) is 6.52. The van der Waals surface area contributed by atoms with Crippen molar-refractivity contribution in [3.8, 4) is 0 Å². The summed E-state index contributed by atoms with van der Waals surface area (Å²) >= 11 is 0. The van der Waals surface area contributed by atoms with Crippen molar-refractivity contribution in [2.75, 3.05) is 18.0 Å². The lowest BCUT2D eigenvalue weighted by Gasteiger charge is -2.47. The van der Waals surface area contributed by atoms with Gasteiger partial charge < -0.3 is 10.0 Å². The molecule has 3 nitrogen and oxygen atoms in total. The van der Waals surface area contributed by atoms with Crippen molar-refractivity contribution < 1.29 is 5.11 Å². The fourth-order valence-corrected chi connectivity index (χ4v) is 2.58. The lowest BCUT2D eigenvalue weighted by molar-refractivity contribution is -0.00974. The van der Waals surface area contributed by atoms with E-state index in [2.05, 4.69) is 35.9 Å². The van der Waals surface area contributed by atoms with Crippen LogP contribution in [0.5, 0.6) is 0 Å². The summed E-state index contributed by atoms with van der Waals surface area (Å²) in [7, 11) is 0. The van der Waals surface area contributed by atoms with Gasteiger partial charge in [-0.3, -0.25) is 0 Å². The van der Waals surface area contributed by atoms with E-state index in [0.29, 0.717) is 11.8 Å². The molecule has 3 heteroatoms. The molecule has 1 N–H and O–H groups in total. The predicted octanol–water partition coefficient (Wildman–Crippen LogP) is 2.17. The number of anilines is 1. The second kappa shape index (κ2) is 3.70. The predicted molar refractivity (Wildman–Crippen MR) is 68.2 cm³/mol. The SMILES string of the molecule is CC(C)c1ccc(N2CC(O)(C3CC3)C2)nc1. The number of aliphatic hydroxyl groups is 1. The maximum atomic E-state index is 10.3. The van der Waals surface area contributed by atoms with E-state index in [1.54, 1.807) is 0 Å². The van der Waals surface area contributed by atoms with E-state index >= 15 is 0 Å². The van der Waals surface area contributed by atoms with Crippen LogP contribution in [0.3, 0.4) is 0 Å². The molecule has 1 aromatic rings. The Balaban J connectivity index is 1.66.